The fourth-order valence-corrected chi connectivity index (χ4v) is 3.08. The van der Waals surface area contributed by atoms with Gasteiger partial charge in [0.15, 0.2) is 11.5 Å². The van der Waals surface area contributed by atoms with Crippen LogP contribution in [0.3, 0.4) is 0 Å². The summed E-state index contributed by atoms with van der Waals surface area (Å²) < 4.78 is 21.2. The number of pyridine rings is 1. The Bertz CT molecular complexity index is 1020. The van der Waals surface area contributed by atoms with Gasteiger partial charge >= 0.3 is 17.7 Å². The number of carbonyl (C=O) groups excluding carboxylic acids is 3. The zero-order valence-electron chi connectivity index (χ0n) is 18.8. The highest BCUT2D eigenvalue weighted by Gasteiger charge is 2.59. The van der Waals surface area contributed by atoms with Gasteiger partial charge in [-0.15, -0.1) is 0 Å². The molecule has 0 unspecified atom stereocenters. The zero-order chi connectivity index (χ0) is 23.8. The second-order valence-corrected chi connectivity index (χ2v) is 7.17. The summed E-state index contributed by atoms with van der Waals surface area (Å²) in [6.07, 6.45) is 7.05. The number of likely N-dealkylation sites (N-methyl/N-ethyl adjacent to an activating group) is 1. The number of amides is 1. The van der Waals surface area contributed by atoms with Crippen molar-refractivity contribution in [1.82, 2.24) is 9.88 Å². The van der Waals surface area contributed by atoms with E-state index in [9.17, 15) is 14.4 Å². The lowest BCUT2D eigenvalue weighted by molar-refractivity contribution is -0.202. The van der Waals surface area contributed by atoms with Crippen molar-refractivity contribution in [3.63, 3.8) is 0 Å². The monoisotopic (exact) mass is 454 g/mol. The lowest BCUT2D eigenvalue weighted by atomic mass is 10.1. The van der Waals surface area contributed by atoms with Gasteiger partial charge < -0.3 is 23.8 Å². The fourth-order valence-electron chi connectivity index (χ4n) is 3.08. The van der Waals surface area contributed by atoms with E-state index in [4.69, 9.17) is 18.9 Å². The quantitative estimate of drug-likeness (QED) is 0.323. The third-order valence-electron chi connectivity index (χ3n) is 4.82. The molecular weight excluding hydrogens is 428 g/mol. The second kappa shape index (κ2) is 10.6. The summed E-state index contributed by atoms with van der Waals surface area (Å²) in [7, 11) is 1.70. The predicted octanol–water partition coefficient (Wildman–Crippen LogP) is 2.39. The van der Waals surface area contributed by atoms with Gasteiger partial charge in [0.05, 0.1) is 13.2 Å². The van der Waals surface area contributed by atoms with Crippen LogP contribution in [0, 0.1) is 0 Å². The molecule has 1 aliphatic heterocycles. The van der Waals surface area contributed by atoms with Crippen LogP contribution in [-0.2, 0) is 30.3 Å². The average molecular weight is 454 g/mol. The summed E-state index contributed by atoms with van der Waals surface area (Å²) in [5, 5.41) is 0. The number of hydrogen-bond donors (Lipinski definition) is 0. The first-order chi connectivity index (χ1) is 15.9. The van der Waals surface area contributed by atoms with Crippen molar-refractivity contribution in [2.24, 2.45) is 0 Å². The van der Waals surface area contributed by atoms with Gasteiger partial charge in [0.25, 0.3) is 0 Å². The van der Waals surface area contributed by atoms with Crippen LogP contribution < -0.4 is 9.47 Å². The Kier molecular flexibility index (Phi) is 7.66. The van der Waals surface area contributed by atoms with Gasteiger partial charge in [0, 0.05) is 32.1 Å². The molecule has 9 nitrogen and oxygen atoms in total. The molecule has 33 heavy (non-hydrogen) atoms. The van der Waals surface area contributed by atoms with Gasteiger partial charge in [-0.3, -0.25) is 9.78 Å². The molecule has 1 aliphatic rings. The van der Waals surface area contributed by atoms with Crippen LogP contribution in [0.2, 0.25) is 0 Å². The Morgan fingerprint density at radius 3 is 2.39 bits per heavy atom. The molecule has 0 aliphatic carbocycles. The van der Waals surface area contributed by atoms with E-state index in [1.54, 1.807) is 68.5 Å². The lowest BCUT2D eigenvalue weighted by Crippen LogP contribution is -2.55. The number of aromatic nitrogens is 1. The Morgan fingerprint density at radius 1 is 1.06 bits per heavy atom. The highest BCUT2D eigenvalue weighted by Crippen LogP contribution is 2.41. The topological polar surface area (TPSA) is 104 Å². The van der Waals surface area contributed by atoms with Gasteiger partial charge in [0.2, 0.25) is 5.91 Å². The maximum atomic E-state index is 12.5. The minimum atomic E-state index is -2.32. The molecule has 9 heteroatoms. The van der Waals surface area contributed by atoms with Crippen LogP contribution in [0.4, 0.5) is 0 Å². The third kappa shape index (κ3) is 5.49. The van der Waals surface area contributed by atoms with E-state index < -0.39 is 17.7 Å². The van der Waals surface area contributed by atoms with E-state index in [0.717, 1.165) is 11.1 Å². The third-order valence-corrected chi connectivity index (χ3v) is 4.82. The summed E-state index contributed by atoms with van der Waals surface area (Å²) in [6.45, 7) is 3.76. The van der Waals surface area contributed by atoms with Gasteiger partial charge in [-0.1, -0.05) is 12.1 Å². The number of rotatable bonds is 9. The van der Waals surface area contributed by atoms with Gasteiger partial charge in [-0.2, -0.15) is 0 Å². The van der Waals surface area contributed by atoms with Gasteiger partial charge in [-0.25, -0.2) is 9.59 Å². The largest absolute Gasteiger partial charge is 0.460 e. The Hall–Kier alpha value is -3.88. The normalized spacial score (nSPS) is 13.5. The molecular formula is C24H26N2O7. The summed E-state index contributed by atoms with van der Waals surface area (Å²) >= 11 is 0. The molecule has 0 atom stereocenters. The van der Waals surface area contributed by atoms with Crippen LogP contribution in [0.1, 0.15) is 25.0 Å². The second-order valence-electron chi connectivity index (χ2n) is 7.17. The number of esters is 2. The number of carbonyl (C=O) groups is 3. The molecule has 1 aromatic carbocycles. The minimum absolute atomic E-state index is 0.0455. The van der Waals surface area contributed by atoms with Crippen molar-refractivity contribution in [2.45, 2.75) is 26.1 Å². The molecule has 0 saturated carbocycles. The van der Waals surface area contributed by atoms with Crippen molar-refractivity contribution >= 4 is 23.9 Å². The molecule has 1 amide bonds. The number of hydrogen-bond acceptors (Lipinski definition) is 8. The molecule has 2 aromatic rings. The zero-order valence-corrected chi connectivity index (χ0v) is 18.8. The van der Waals surface area contributed by atoms with Crippen molar-refractivity contribution in [3.8, 4) is 11.5 Å². The minimum Gasteiger partial charge on any atom is -0.460 e. The molecule has 2 heterocycles. The Labute approximate surface area is 191 Å². The highest BCUT2D eigenvalue weighted by atomic mass is 16.8. The molecule has 174 valence electrons. The molecule has 1 aromatic heterocycles. The van der Waals surface area contributed by atoms with Crippen LogP contribution in [0.25, 0.3) is 6.08 Å². The molecule has 0 spiro atoms. The van der Waals surface area contributed by atoms with E-state index in [0.29, 0.717) is 13.0 Å². The molecule has 0 saturated heterocycles. The van der Waals surface area contributed by atoms with E-state index in [1.807, 2.05) is 6.07 Å². The first kappa shape index (κ1) is 23.8. The summed E-state index contributed by atoms with van der Waals surface area (Å²) in [4.78, 5) is 42.9. The Morgan fingerprint density at radius 2 is 1.76 bits per heavy atom. The number of benzene rings is 1. The van der Waals surface area contributed by atoms with Gasteiger partial charge in [-0.05, 0) is 55.7 Å². The smallest absolute Gasteiger partial charge is 0.453 e. The van der Waals surface area contributed by atoms with Gasteiger partial charge in [0.1, 0.15) is 0 Å². The molecule has 0 N–H and O–H groups in total. The Balaban J connectivity index is 1.65. The standard InChI is InChI=1S/C24H26N2O7/c1-4-30-22(28)24(23(29)31-5-2)32-19-10-8-17(15-20(19)33-24)12-14-26(3)21(27)11-9-18-7-6-13-25-16-18/h6-11,13,15-16H,4-5,12,14H2,1-3H3. The lowest BCUT2D eigenvalue weighted by Gasteiger charge is -2.22. The van der Waals surface area contributed by atoms with Crippen molar-refractivity contribution in [2.75, 3.05) is 26.8 Å². The van der Waals surface area contributed by atoms with E-state index in [-0.39, 0.29) is 30.6 Å². The molecule has 3 rings (SSSR count). The molecule has 0 radical (unpaired) electrons. The number of fused-ring (bicyclic) bond motifs is 1. The highest BCUT2D eigenvalue weighted by molar-refractivity contribution is 6.03. The first-order valence-electron chi connectivity index (χ1n) is 10.6. The fraction of sp³-hybridized carbons (Fsp3) is 0.333. The van der Waals surface area contributed by atoms with Crippen molar-refractivity contribution < 1.29 is 33.3 Å². The summed E-state index contributed by atoms with van der Waals surface area (Å²) in [5.41, 5.74) is 1.67. The predicted molar refractivity (Wildman–Crippen MR) is 118 cm³/mol. The van der Waals surface area contributed by atoms with E-state index >= 15 is 0 Å². The van der Waals surface area contributed by atoms with Crippen molar-refractivity contribution in [3.05, 3.63) is 59.9 Å². The van der Waals surface area contributed by atoms with Crippen LogP contribution >= 0.6 is 0 Å². The van der Waals surface area contributed by atoms with Crippen LogP contribution in [-0.4, -0.2) is 60.3 Å². The first-order valence-corrected chi connectivity index (χ1v) is 10.6. The summed E-state index contributed by atoms with van der Waals surface area (Å²) in [5.74, 6) is -3.98. The van der Waals surface area contributed by atoms with E-state index in [2.05, 4.69) is 4.98 Å². The number of nitrogens with zero attached hydrogens (tertiary/aromatic N) is 2. The maximum Gasteiger partial charge on any atom is 0.453 e. The SMILES string of the molecule is CCOC(=O)C1(C(=O)OCC)Oc2ccc(CCN(C)C(=O)C=Cc3cccnc3)cc2O1. The van der Waals surface area contributed by atoms with Crippen LogP contribution in [0.5, 0.6) is 11.5 Å². The van der Waals surface area contributed by atoms with Crippen LogP contribution in [0.15, 0.2) is 48.8 Å². The summed E-state index contributed by atoms with van der Waals surface area (Å²) in [6, 6.07) is 8.70. The average Bonchev–Trinajstić information content (AvgIpc) is 3.22. The maximum absolute atomic E-state index is 12.5. The van der Waals surface area contributed by atoms with E-state index in [1.165, 1.54) is 6.08 Å². The number of ether oxygens (including phenoxy) is 4. The van der Waals surface area contributed by atoms with Crippen molar-refractivity contribution in [1.29, 1.82) is 0 Å². The molecule has 0 bridgehead atoms. The molecule has 0 fully saturated rings.